The number of anilines is 2. The van der Waals surface area contributed by atoms with Crippen LogP contribution in [0.25, 0.3) is 22.5 Å². The highest BCUT2D eigenvalue weighted by Crippen LogP contribution is 2.20. The van der Waals surface area contributed by atoms with Crippen molar-refractivity contribution in [3.63, 3.8) is 0 Å². The highest BCUT2D eigenvalue weighted by molar-refractivity contribution is 6.00. The van der Waals surface area contributed by atoms with Crippen molar-refractivity contribution in [3.8, 4) is 11.4 Å². The number of oxazole rings is 1. The van der Waals surface area contributed by atoms with E-state index in [-0.39, 0.29) is 23.8 Å². The first-order chi connectivity index (χ1) is 18.8. The molecule has 5 rings (SSSR count). The second-order valence-electron chi connectivity index (χ2n) is 8.86. The normalized spacial score (nSPS) is 11.8. The van der Waals surface area contributed by atoms with E-state index >= 15 is 0 Å². The average Bonchev–Trinajstić information content (AvgIpc) is 3.35. The van der Waals surface area contributed by atoms with Crippen LogP contribution in [0, 0.1) is 5.82 Å². The minimum absolute atomic E-state index is 0.117. The second kappa shape index (κ2) is 10.6. The molecule has 0 aliphatic carbocycles. The number of amides is 1. The molecular weight excluding hydrogens is 503 g/mol. The average molecular weight is 527 g/mol. The van der Waals surface area contributed by atoms with Gasteiger partial charge in [0.15, 0.2) is 5.58 Å². The first kappa shape index (κ1) is 25.3. The lowest BCUT2D eigenvalue weighted by molar-refractivity contribution is -0.122. The molecule has 0 spiro atoms. The number of fused-ring (bicyclic) bond motifs is 1. The maximum absolute atomic E-state index is 13.5. The molecule has 1 amide bonds. The van der Waals surface area contributed by atoms with Crippen molar-refractivity contribution in [2.45, 2.75) is 19.0 Å². The fourth-order valence-corrected chi connectivity index (χ4v) is 4.13. The Bertz CT molecular complexity index is 1730. The molecule has 2 heterocycles. The van der Waals surface area contributed by atoms with Crippen molar-refractivity contribution in [3.05, 3.63) is 107 Å². The van der Waals surface area contributed by atoms with Crippen LogP contribution in [0.2, 0.25) is 0 Å². The number of hydrogen-bond donors (Lipinski definition) is 3. The van der Waals surface area contributed by atoms with Gasteiger partial charge >= 0.3 is 0 Å². The van der Waals surface area contributed by atoms with Crippen LogP contribution >= 0.6 is 0 Å². The zero-order valence-corrected chi connectivity index (χ0v) is 20.5. The minimum atomic E-state index is -1.07. The van der Waals surface area contributed by atoms with Crippen LogP contribution in [0.4, 0.5) is 15.8 Å². The largest absolute Gasteiger partial charge is 0.434 e. The van der Waals surface area contributed by atoms with E-state index < -0.39 is 35.7 Å². The molecule has 2 aromatic heterocycles. The SMILES string of the molecule is Nc1ccc2oc(C(=O)C(Cc3ccccc3)NC(=O)Cn3c(-c4ccc(F)cc4)ncc(N)c3=O)nc2c1. The van der Waals surface area contributed by atoms with Gasteiger partial charge in [-0.25, -0.2) is 14.4 Å². The molecule has 5 aromatic rings. The van der Waals surface area contributed by atoms with Crippen LogP contribution in [-0.2, 0) is 17.8 Å². The summed E-state index contributed by atoms with van der Waals surface area (Å²) in [5, 5.41) is 2.70. The van der Waals surface area contributed by atoms with E-state index in [0.717, 1.165) is 10.1 Å². The number of carbonyl (C=O) groups is 2. The molecule has 5 N–H and O–H groups in total. The number of rotatable bonds is 8. The van der Waals surface area contributed by atoms with Crippen LogP contribution in [0.1, 0.15) is 16.2 Å². The van der Waals surface area contributed by atoms with Gasteiger partial charge in [-0.05, 0) is 48.0 Å². The third kappa shape index (κ3) is 5.52. The molecule has 196 valence electrons. The van der Waals surface area contributed by atoms with E-state index in [1.54, 1.807) is 18.2 Å². The molecule has 0 saturated heterocycles. The summed E-state index contributed by atoms with van der Waals surface area (Å²) in [7, 11) is 0. The Kier molecular flexibility index (Phi) is 6.87. The van der Waals surface area contributed by atoms with Gasteiger partial charge < -0.3 is 21.2 Å². The summed E-state index contributed by atoms with van der Waals surface area (Å²) in [6.07, 6.45) is 1.32. The van der Waals surface area contributed by atoms with E-state index in [1.165, 1.54) is 30.5 Å². The number of hydrogen-bond acceptors (Lipinski definition) is 8. The summed E-state index contributed by atoms with van der Waals surface area (Å²) in [5.74, 6) is -1.75. The number of nitrogen functional groups attached to an aromatic ring is 2. The zero-order valence-electron chi connectivity index (χ0n) is 20.5. The number of nitrogens with zero attached hydrogens (tertiary/aromatic N) is 3. The van der Waals surface area contributed by atoms with E-state index in [4.69, 9.17) is 15.9 Å². The van der Waals surface area contributed by atoms with E-state index in [9.17, 15) is 18.8 Å². The first-order valence-electron chi connectivity index (χ1n) is 11.9. The van der Waals surface area contributed by atoms with Crippen LogP contribution in [0.5, 0.6) is 0 Å². The highest BCUT2D eigenvalue weighted by atomic mass is 19.1. The van der Waals surface area contributed by atoms with E-state index in [1.807, 2.05) is 30.3 Å². The number of aromatic nitrogens is 3. The second-order valence-corrected chi connectivity index (χ2v) is 8.86. The summed E-state index contributed by atoms with van der Waals surface area (Å²) in [5.41, 5.74) is 13.2. The van der Waals surface area contributed by atoms with Gasteiger partial charge in [-0.2, -0.15) is 0 Å². The van der Waals surface area contributed by atoms with Crippen LogP contribution in [0.3, 0.4) is 0 Å². The lowest BCUT2D eigenvalue weighted by Gasteiger charge is -2.18. The quantitative estimate of drug-likeness (QED) is 0.206. The standard InChI is InChI=1S/C28H23FN6O4/c29-18-8-6-17(7-9-18)26-32-14-20(31)28(38)35(26)15-24(36)33-22(12-16-4-2-1-3-5-16)25(37)27-34-21-13-19(30)10-11-23(21)39-27/h1-11,13-14,22H,12,15,30-31H2,(H,33,36). The van der Waals surface area contributed by atoms with Crippen molar-refractivity contribution in [2.75, 3.05) is 11.5 Å². The maximum Gasteiger partial charge on any atom is 0.277 e. The first-order valence-corrected chi connectivity index (χ1v) is 11.9. The predicted molar refractivity (Wildman–Crippen MR) is 143 cm³/mol. The molecule has 1 atom stereocenters. The van der Waals surface area contributed by atoms with Crippen LogP contribution in [-0.4, -0.2) is 32.3 Å². The fraction of sp³-hybridized carbons (Fsp3) is 0.107. The van der Waals surface area contributed by atoms with Crippen molar-refractivity contribution >= 4 is 34.2 Å². The van der Waals surface area contributed by atoms with Crippen molar-refractivity contribution in [1.82, 2.24) is 19.9 Å². The smallest absolute Gasteiger partial charge is 0.277 e. The fourth-order valence-electron chi connectivity index (χ4n) is 4.13. The number of Topliss-reactive ketones (excluding diaryl/α,β-unsaturated/α-hetero) is 1. The van der Waals surface area contributed by atoms with Crippen molar-refractivity contribution in [1.29, 1.82) is 0 Å². The van der Waals surface area contributed by atoms with Gasteiger partial charge in [-0.15, -0.1) is 0 Å². The van der Waals surface area contributed by atoms with Gasteiger partial charge in [0.1, 0.15) is 35.4 Å². The highest BCUT2D eigenvalue weighted by Gasteiger charge is 2.28. The molecule has 0 saturated carbocycles. The van der Waals surface area contributed by atoms with Gasteiger partial charge in [-0.1, -0.05) is 30.3 Å². The minimum Gasteiger partial charge on any atom is -0.434 e. The van der Waals surface area contributed by atoms with Crippen LogP contribution < -0.4 is 22.3 Å². The topological polar surface area (TPSA) is 159 Å². The van der Waals surface area contributed by atoms with Gasteiger partial charge in [0.2, 0.25) is 11.7 Å². The van der Waals surface area contributed by atoms with Gasteiger partial charge in [0, 0.05) is 17.7 Å². The molecule has 10 nitrogen and oxygen atoms in total. The molecule has 3 aromatic carbocycles. The molecule has 0 aliphatic rings. The van der Waals surface area contributed by atoms with Gasteiger partial charge in [0.05, 0.1) is 6.20 Å². The molecule has 11 heteroatoms. The Hall–Kier alpha value is -5.32. The summed E-state index contributed by atoms with van der Waals surface area (Å²) >= 11 is 0. The van der Waals surface area contributed by atoms with Gasteiger partial charge in [0.25, 0.3) is 11.4 Å². The number of nitrogens with one attached hydrogen (secondary N) is 1. The number of ketones is 1. The Labute approximate surface area is 221 Å². The molecule has 39 heavy (non-hydrogen) atoms. The number of nitrogens with two attached hydrogens (primary N) is 2. The lowest BCUT2D eigenvalue weighted by atomic mass is 10.0. The summed E-state index contributed by atoms with van der Waals surface area (Å²) in [4.78, 5) is 48.0. The Balaban J connectivity index is 1.45. The third-order valence-corrected chi connectivity index (χ3v) is 6.03. The molecule has 1 unspecified atom stereocenters. The predicted octanol–water partition coefficient (Wildman–Crippen LogP) is 2.97. The Morgan fingerprint density at radius 3 is 2.51 bits per heavy atom. The molecule has 0 fully saturated rings. The third-order valence-electron chi connectivity index (χ3n) is 6.03. The molecule has 0 radical (unpaired) electrons. The lowest BCUT2D eigenvalue weighted by Crippen LogP contribution is -2.45. The van der Waals surface area contributed by atoms with Crippen molar-refractivity contribution < 1.29 is 18.4 Å². The summed E-state index contributed by atoms with van der Waals surface area (Å²) in [6.45, 7) is -0.494. The van der Waals surface area contributed by atoms with E-state index in [2.05, 4.69) is 15.3 Å². The Morgan fingerprint density at radius 1 is 1.03 bits per heavy atom. The maximum atomic E-state index is 13.5. The number of carbonyl (C=O) groups excluding carboxylic acids is 2. The molecule has 0 aliphatic heterocycles. The van der Waals surface area contributed by atoms with Crippen molar-refractivity contribution in [2.24, 2.45) is 0 Å². The van der Waals surface area contributed by atoms with Crippen LogP contribution in [0.15, 0.2) is 88.2 Å². The monoisotopic (exact) mass is 526 g/mol. The van der Waals surface area contributed by atoms with Gasteiger partial charge in [-0.3, -0.25) is 19.0 Å². The zero-order chi connectivity index (χ0) is 27.5. The number of benzene rings is 3. The molecule has 0 bridgehead atoms. The summed E-state index contributed by atoms with van der Waals surface area (Å²) in [6, 6.07) is 18.1. The summed E-state index contributed by atoms with van der Waals surface area (Å²) < 4.78 is 20.2. The number of halogens is 1. The molecular formula is C28H23FN6O4. The van der Waals surface area contributed by atoms with E-state index in [0.29, 0.717) is 22.4 Å². The Morgan fingerprint density at radius 2 is 1.77 bits per heavy atom.